The van der Waals surface area contributed by atoms with Gasteiger partial charge in [-0.25, -0.2) is 0 Å². The Labute approximate surface area is 130 Å². The van der Waals surface area contributed by atoms with Crippen LogP contribution in [0.3, 0.4) is 0 Å². The number of nitrogens with one attached hydrogen (secondary N) is 2. The fraction of sp³-hybridized carbons (Fsp3) is 0.438. The standard InChI is InChI=1S/C16H23N3OS/c1-3-17-16(18-8-6-15-5-4-9-20-15)19-11-13(2)14-7-10-21-12-14/h4-5,7,9-10,12-13H,3,6,8,11H2,1-2H3,(H2,17,18,19). The lowest BCUT2D eigenvalue weighted by Gasteiger charge is -2.12. The van der Waals surface area contributed by atoms with Gasteiger partial charge in [0, 0.05) is 32.0 Å². The third-order valence-electron chi connectivity index (χ3n) is 3.22. The molecule has 2 heterocycles. The summed E-state index contributed by atoms with van der Waals surface area (Å²) in [5.74, 6) is 2.30. The van der Waals surface area contributed by atoms with Crippen LogP contribution in [0.1, 0.15) is 31.1 Å². The van der Waals surface area contributed by atoms with E-state index in [2.05, 4.69) is 46.3 Å². The number of rotatable bonds is 7. The molecule has 2 N–H and O–H groups in total. The normalized spacial score (nSPS) is 13.1. The van der Waals surface area contributed by atoms with Crippen molar-refractivity contribution in [1.29, 1.82) is 0 Å². The molecule has 114 valence electrons. The number of guanidine groups is 1. The number of furan rings is 1. The van der Waals surface area contributed by atoms with E-state index in [1.807, 2.05) is 12.1 Å². The molecule has 0 aromatic carbocycles. The Morgan fingerprint density at radius 2 is 2.29 bits per heavy atom. The Morgan fingerprint density at radius 3 is 2.95 bits per heavy atom. The molecule has 2 aromatic heterocycles. The molecule has 0 saturated heterocycles. The quantitative estimate of drug-likeness (QED) is 0.610. The summed E-state index contributed by atoms with van der Waals surface area (Å²) in [7, 11) is 0. The first-order valence-corrected chi connectivity index (χ1v) is 8.30. The summed E-state index contributed by atoms with van der Waals surface area (Å²) >= 11 is 1.73. The van der Waals surface area contributed by atoms with Crippen molar-refractivity contribution in [3.63, 3.8) is 0 Å². The van der Waals surface area contributed by atoms with Crippen molar-refractivity contribution >= 4 is 17.3 Å². The lowest BCUT2D eigenvalue weighted by molar-refractivity contribution is 0.506. The topological polar surface area (TPSA) is 49.6 Å². The van der Waals surface area contributed by atoms with Gasteiger partial charge in [-0.3, -0.25) is 4.99 Å². The second-order valence-electron chi connectivity index (χ2n) is 4.93. The van der Waals surface area contributed by atoms with E-state index in [1.54, 1.807) is 17.6 Å². The monoisotopic (exact) mass is 305 g/mol. The van der Waals surface area contributed by atoms with Gasteiger partial charge < -0.3 is 15.1 Å². The van der Waals surface area contributed by atoms with E-state index >= 15 is 0 Å². The Bertz CT molecular complexity index is 520. The fourth-order valence-corrected chi connectivity index (χ4v) is 2.77. The maximum Gasteiger partial charge on any atom is 0.191 e. The van der Waals surface area contributed by atoms with Gasteiger partial charge in [0.2, 0.25) is 0 Å². The molecule has 0 radical (unpaired) electrons. The Morgan fingerprint density at radius 1 is 1.38 bits per heavy atom. The lowest BCUT2D eigenvalue weighted by Crippen LogP contribution is -2.38. The van der Waals surface area contributed by atoms with E-state index < -0.39 is 0 Å². The molecule has 5 heteroatoms. The van der Waals surface area contributed by atoms with E-state index in [1.165, 1.54) is 5.56 Å². The molecule has 2 rings (SSSR count). The van der Waals surface area contributed by atoms with Gasteiger partial charge in [0.1, 0.15) is 5.76 Å². The molecule has 0 amide bonds. The van der Waals surface area contributed by atoms with Crippen molar-refractivity contribution in [2.24, 2.45) is 4.99 Å². The van der Waals surface area contributed by atoms with E-state index in [4.69, 9.17) is 4.42 Å². The van der Waals surface area contributed by atoms with E-state index in [0.29, 0.717) is 5.92 Å². The minimum atomic E-state index is 0.441. The molecule has 2 aromatic rings. The van der Waals surface area contributed by atoms with Gasteiger partial charge in [-0.05, 0) is 41.4 Å². The Kier molecular flexibility index (Phi) is 6.34. The molecule has 0 spiro atoms. The predicted molar refractivity (Wildman–Crippen MR) is 89.1 cm³/mol. The van der Waals surface area contributed by atoms with Crippen molar-refractivity contribution in [3.8, 4) is 0 Å². The van der Waals surface area contributed by atoms with E-state index in [0.717, 1.165) is 37.8 Å². The van der Waals surface area contributed by atoms with Gasteiger partial charge in [-0.2, -0.15) is 11.3 Å². The molecule has 1 unspecified atom stereocenters. The highest BCUT2D eigenvalue weighted by molar-refractivity contribution is 7.07. The largest absolute Gasteiger partial charge is 0.469 e. The van der Waals surface area contributed by atoms with Crippen LogP contribution in [0.4, 0.5) is 0 Å². The summed E-state index contributed by atoms with van der Waals surface area (Å²) in [6.45, 7) is 6.74. The highest BCUT2D eigenvalue weighted by atomic mass is 32.1. The van der Waals surface area contributed by atoms with Crippen molar-refractivity contribution in [3.05, 3.63) is 46.5 Å². The highest BCUT2D eigenvalue weighted by Crippen LogP contribution is 2.18. The summed E-state index contributed by atoms with van der Waals surface area (Å²) < 4.78 is 5.32. The van der Waals surface area contributed by atoms with E-state index in [-0.39, 0.29) is 0 Å². The van der Waals surface area contributed by atoms with Crippen LogP contribution in [0.5, 0.6) is 0 Å². The maximum atomic E-state index is 5.32. The number of thiophene rings is 1. The molecular weight excluding hydrogens is 282 g/mol. The zero-order valence-electron chi connectivity index (χ0n) is 12.6. The molecular formula is C16H23N3OS. The first-order chi connectivity index (χ1) is 10.3. The first-order valence-electron chi connectivity index (χ1n) is 7.36. The lowest BCUT2D eigenvalue weighted by atomic mass is 10.1. The van der Waals surface area contributed by atoms with Crippen LogP contribution in [0, 0.1) is 0 Å². The second kappa shape index (κ2) is 8.52. The molecule has 0 saturated carbocycles. The van der Waals surface area contributed by atoms with Gasteiger partial charge >= 0.3 is 0 Å². The summed E-state index contributed by atoms with van der Waals surface area (Å²) in [5, 5.41) is 10.9. The molecule has 21 heavy (non-hydrogen) atoms. The average molecular weight is 305 g/mol. The van der Waals surface area contributed by atoms with Gasteiger partial charge in [-0.15, -0.1) is 0 Å². The minimum Gasteiger partial charge on any atom is -0.469 e. The Balaban J connectivity index is 1.81. The van der Waals surface area contributed by atoms with Crippen LogP contribution >= 0.6 is 11.3 Å². The van der Waals surface area contributed by atoms with Crippen LogP contribution in [-0.4, -0.2) is 25.6 Å². The summed E-state index contributed by atoms with van der Waals surface area (Å²) in [4.78, 5) is 4.66. The van der Waals surface area contributed by atoms with E-state index in [9.17, 15) is 0 Å². The van der Waals surface area contributed by atoms with Gasteiger partial charge in [0.25, 0.3) is 0 Å². The van der Waals surface area contributed by atoms with Gasteiger partial charge in [0.15, 0.2) is 5.96 Å². The zero-order valence-corrected chi connectivity index (χ0v) is 13.5. The average Bonchev–Trinajstić information content (AvgIpc) is 3.17. The van der Waals surface area contributed by atoms with Crippen molar-refractivity contribution < 1.29 is 4.42 Å². The fourth-order valence-electron chi connectivity index (χ4n) is 1.99. The van der Waals surface area contributed by atoms with Crippen molar-refractivity contribution in [1.82, 2.24) is 10.6 Å². The molecule has 0 aliphatic rings. The SMILES string of the molecule is CCNC(=NCC(C)c1ccsc1)NCCc1ccco1. The smallest absolute Gasteiger partial charge is 0.191 e. The summed E-state index contributed by atoms with van der Waals surface area (Å²) in [5.41, 5.74) is 1.36. The predicted octanol–water partition coefficient (Wildman–Crippen LogP) is 3.24. The molecule has 0 aliphatic carbocycles. The summed E-state index contributed by atoms with van der Waals surface area (Å²) in [6.07, 6.45) is 2.56. The van der Waals surface area contributed by atoms with Crippen LogP contribution in [0.15, 0.2) is 44.6 Å². The van der Waals surface area contributed by atoms with Crippen LogP contribution in [0.25, 0.3) is 0 Å². The number of hydrogen-bond acceptors (Lipinski definition) is 3. The van der Waals surface area contributed by atoms with Gasteiger partial charge in [0.05, 0.1) is 6.26 Å². The van der Waals surface area contributed by atoms with Crippen LogP contribution < -0.4 is 10.6 Å². The van der Waals surface area contributed by atoms with Crippen LogP contribution in [0.2, 0.25) is 0 Å². The Hall–Kier alpha value is -1.75. The third kappa shape index (κ3) is 5.27. The van der Waals surface area contributed by atoms with Crippen molar-refractivity contribution in [2.45, 2.75) is 26.2 Å². The number of nitrogens with zero attached hydrogens (tertiary/aromatic N) is 1. The molecule has 4 nitrogen and oxygen atoms in total. The second-order valence-corrected chi connectivity index (χ2v) is 5.71. The molecule has 0 aliphatic heterocycles. The van der Waals surface area contributed by atoms with Crippen LogP contribution in [-0.2, 0) is 6.42 Å². The maximum absolute atomic E-state index is 5.32. The van der Waals surface area contributed by atoms with Gasteiger partial charge in [-0.1, -0.05) is 6.92 Å². The first kappa shape index (κ1) is 15.6. The molecule has 1 atom stereocenters. The molecule has 0 fully saturated rings. The van der Waals surface area contributed by atoms with Crippen molar-refractivity contribution in [2.75, 3.05) is 19.6 Å². The number of aliphatic imine (C=N–C) groups is 1. The minimum absolute atomic E-state index is 0.441. The highest BCUT2D eigenvalue weighted by Gasteiger charge is 2.06. The zero-order chi connectivity index (χ0) is 14.9. The third-order valence-corrected chi connectivity index (χ3v) is 3.93. The summed E-state index contributed by atoms with van der Waals surface area (Å²) in [6, 6.07) is 6.07. The number of hydrogen-bond donors (Lipinski definition) is 2. The molecule has 0 bridgehead atoms.